The van der Waals surface area contributed by atoms with Crippen LogP contribution in [0.4, 0.5) is 4.39 Å². The predicted octanol–water partition coefficient (Wildman–Crippen LogP) is 3.17. The zero-order valence-electron chi connectivity index (χ0n) is 12.9. The Labute approximate surface area is 121 Å². The number of halogens is 1. The Hall–Kier alpha value is -1.13. The summed E-state index contributed by atoms with van der Waals surface area (Å²) in [5.74, 6) is 0.0416. The van der Waals surface area contributed by atoms with Gasteiger partial charge in [-0.15, -0.1) is 0 Å². The summed E-state index contributed by atoms with van der Waals surface area (Å²) in [6.45, 7) is 5.07. The Morgan fingerprint density at radius 1 is 1.30 bits per heavy atom. The maximum absolute atomic E-state index is 14.2. The maximum atomic E-state index is 14.2. The van der Waals surface area contributed by atoms with Gasteiger partial charge in [0.15, 0.2) is 11.6 Å². The van der Waals surface area contributed by atoms with Gasteiger partial charge < -0.3 is 14.8 Å². The summed E-state index contributed by atoms with van der Waals surface area (Å²) >= 11 is 0. The molecule has 3 nitrogen and oxygen atoms in total. The molecule has 0 bridgehead atoms. The highest BCUT2D eigenvalue weighted by Crippen LogP contribution is 2.22. The molecule has 0 saturated heterocycles. The summed E-state index contributed by atoms with van der Waals surface area (Å²) < 4.78 is 24.5. The van der Waals surface area contributed by atoms with Crippen LogP contribution >= 0.6 is 0 Å². The first-order valence-corrected chi connectivity index (χ1v) is 7.19. The molecule has 114 valence electrons. The predicted molar refractivity (Wildman–Crippen MR) is 79.8 cm³/mol. The van der Waals surface area contributed by atoms with Gasteiger partial charge in [-0.1, -0.05) is 19.1 Å². The minimum Gasteiger partial charge on any atom is -0.494 e. The van der Waals surface area contributed by atoms with Gasteiger partial charge in [-0.25, -0.2) is 4.39 Å². The third-order valence-corrected chi connectivity index (χ3v) is 3.43. The van der Waals surface area contributed by atoms with Crippen molar-refractivity contribution in [3.05, 3.63) is 29.6 Å². The minimum absolute atomic E-state index is 0.151. The van der Waals surface area contributed by atoms with Crippen molar-refractivity contribution in [1.29, 1.82) is 0 Å². The summed E-state index contributed by atoms with van der Waals surface area (Å²) in [7, 11) is 3.19. The Balaban J connectivity index is 2.77. The van der Waals surface area contributed by atoms with E-state index in [1.165, 1.54) is 7.11 Å². The van der Waals surface area contributed by atoms with Crippen LogP contribution in [0, 0.1) is 5.82 Å². The third-order valence-electron chi connectivity index (χ3n) is 3.43. The molecule has 0 heterocycles. The van der Waals surface area contributed by atoms with E-state index in [1.807, 2.05) is 19.1 Å². The Bertz CT molecular complexity index is 398. The zero-order chi connectivity index (χ0) is 15.0. The summed E-state index contributed by atoms with van der Waals surface area (Å²) in [5, 5.41) is 3.46. The van der Waals surface area contributed by atoms with Gasteiger partial charge in [-0.3, -0.25) is 0 Å². The van der Waals surface area contributed by atoms with Gasteiger partial charge in [0.1, 0.15) is 0 Å². The van der Waals surface area contributed by atoms with E-state index in [0.717, 1.165) is 19.4 Å². The molecule has 1 N–H and O–H groups in total. The number of ether oxygens (including phenoxy) is 2. The molecule has 0 saturated carbocycles. The first kappa shape index (κ1) is 16.9. The van der Waals surface area contributed by atoms with Crippen LogP contribution in [0.15, 0.2) is 18.2 Å². The molecule has 2 unspecified atom stereocenters. The highest BCUT2D eigenvalue weighted by Gasteiger charge is 2.16. The molecule has 0 amide bonds. The van der Waals surface area contributed by atoms with Gasteiger partial charge in [0.25, 0.3) is 0 Å². The van der Waals surface area contributed by atoms with Gasteiger partial charge in [0.05, 0.1) is 13.2 Å². The molecule has 0 fully saturated rings. The van der Waals surface area contributed by atoms with Crippen molar-refractivity contribution in [1.82, 2.24) is 5.32 Å². The smallest absolute Gasteiger partial charge is 0.168 e. The molecular weight excluding hydrogens is 257 g/mol. The molecule has 2 atom stereocenters. The van der Waals surface area contributed by atoms with Crippen molar-refractivity contribution in [2.45, 2.75) is 45.3 Å². The fourth-order valence-electron chi connectivity index (χ4n) is 2.22. The van der Waals surface area contributed by atoms with Crippen LogP contribution in [0.25, 0.3) is 0 Å². The van der Waals surface area contributed by atoms with Gasteiger partial charge in [-0.05, 0) is 44.4 Å². The van der Waals surface area contributed by atoms with Gasteiger partial charge in [-0.2, -0.15) is 0 Å². The molecule has 4 heteroatoms. The van der Waals surface area contributed by atoms with Gasteiger partial charge >= 0.3 is 0 Å². The number of rotatable bonds is 9. The second-order valence-electron chi connectivity index (χ2n) is 5.07. The van der Waals surface area contributed by atoms with E-state index in [0.29, 0.717) is 17.7 Å². The fraction of sp³-hybridized carbons (Fsp3) is 0.625. The zero-order valence-corrected chi connectivity index (χ0v) is 12.9. The molecule has 0 aliphatic rings. The maximum Gasteiger partial charge on any atom is 0.168 e. The first-order chi connectivity index (χ1) is 9.62. The van der Waals surface area contributed by atoms with Crippen molar-refractivity contribution in [2.75, 3.05) is 20.8 Å². The average molecular weight is 283 g/mol. The van der Waals surface area contributed by atoms with Crippen LogP contribution in [0.2, 0.25) is 0 Å². The van der Waals surface area contributed by atoms with Crippen molar-refractivity contribution in [3.63, 3.8) is 0 Å². The Morgan fingerprint density at radius 2 is 2.05 bits per heavy atom. The Kier molecular flexibility index (Phi) is 7.55. The second-order valence-corrected chi connectivity index (χ2v) is 5.07. The van der Waals surface area contributed by atoms with E-state index in [1.54, 1.807) is 13.2 Å². The highest BCUT2D eigenvalue weighted by molar-refractivity contribution is 5.31. The quantitative estimate of drug-likeness (QED) is 0.755. The molecule has 0 aliphatic heterocycles. The summed E-state index contributed by atoms with van der Waals surface area (Å²) in [4.78, 5) is 0. The van der Waals surface area contributed by atoms with Crippen molar-refractivity contribution in [3.8, 4) is 5.75 Å². The minimum atomic E-state index is -0.261. The average Bonchev–Trinajstić information content (AvgIpc) is 2.46. The third kappa shape index (κ3) is 5.10. The molecule has 1 aromatic rings. The molecule has 1 rings (SSSR count). The van der Waals surface area contributed by atoms with Crippen LogP contribution in [0.3, 0.4) is 0 Å². The van der Waals surface area contributed by atoms with E-state index >= 15 is 0 Å². The van der Waals surface area contributed by atoms with Crippen molar-refractivity contribution < 1.29 is 13.9 Å². The molecule has 0 aromatic heterocycles. The van der Waals surface area contributed by atoms with Gasteiger partial charge in [0, 0.05) is 13.2 Å². The van der Waals surface area contributed by atoms with E-state index in [9.17, 15) is 4.39 Å². The molecule has 1 aromatic carbocycles. The lowest BCUT2D eigenvalue weighted by molar-refractivity contribution is 0.100. The highest BCUT2D eigenvalue weighted by atomic mass is 19.1. The molecule has 0 radical (unpaired) electrons. The monoisotopic (exact) mass is 283 g/mol. The Morgan fingerprint density at radius 3 is 2.65 bits per heavy atom. The normalized spacial score (nSPS) is 14.1. The lowest BCUT2D eigenvalue weighted by atomic mass is 10.00. The number of hydrogen-bond acceptors (Lipinski definition) is 3. The fourth-order valence-corrected chi connectivity index (χ4v) is 2.22. The molecule has 20 heavy (non-hydrogen) atoms. The number of nitrogens with one attached hydrogen (secondary N) is 1. The summed E-state index contributed by atoms with van der Waals surface area (Å²) in [5.41, 5.74) is 0.682. The summed E-state index contributed by atoms with van der Waals surface area (Å²) in [6.07, 6.45) is 2.69. The van der Waals surface area contributed by atoms with Crippen molar-refractivity contribution >= 4 is 0 Å². The van der Waals surface area contributed by atoms with E-state index in [4.69, 9.17) is 9.47 Å². The lowest BCUT2D eigenvalue weighted by Gasteiger charge is -2.22. The molecule has 0 aliphatic carbocycles. The first-order valence-electron chi connectivity index (χ1n) is 7.19. The van der Waals surface area contributed by atoms with E-state index < -0.39 is 0 Å². The second kappa shape index (κ2) is 8.93. The lowest BCUT2D eigenvalue weighted by Crippen LogP contribution is -2.35. The molecular formula is C16H26FNO2. The van der Waals surface area contributed by atoms with Crippen molar-refractivity contribution in [2.24, 2.45) is 0 Å². The molecule has 0 spiro atoms. The van der Waals surface area contributed by atoms with E-state index in [-0.39, 0.29) is 18.0 Å². The largest absolute Gasteiger partial charge is 0.494 e. The van der Waals surface area contributed by atoms with Crippen LogP contribution in [-0.2, 0) is 11.2 Å². The number of benzene rings is 1. The standard InChI is InChI=1S/C16H26FNO2/c1-5-9-18-14(10-12(2)19-3)11-13-7-6-8-15(20-4)16(13)17/h6-8,12,14,18H,5,9-11H2,1-4H3. The summed E-state index contributed by atoms with van der Waals surface area (Å²) in [6, 6.07) is 5.49. The van der Waals surface area contributed by atoms with Crippen LogP contribution < -0.4 is 10.1 Å². The van der Waals surface area contributed by atoms with Crippen LogP contribution in [-0.4, -0.2) is 32.9 Å². The van der Waals surface area contributed by atoms with E-state index in [2.05, 4.69) is 12.2 Å². The number of methoxy groups -OCH3 is 2. The van der Waals surface area contributed by atoms with Crippen LogP contribution in [0.1, 0.15) is 32.3 Å². The van der Waals surface area contributed by atoms with Crippen LogP contribution in [0.5, 0.6) is 5.75 Å². The SMILES string of the molecule is CCCNC(Cc1cccc(OC)c1F)CC(C)OC. The van der Waals surface area contributed by atoms with Gasteiger partial charge in [0.2, 0.25) is 0 Å². The topological polar surface area (TPSA) is 30.5 Å². The number of hydrogen-bond donors (Lipinski definition) is 1.